The van der Waals surface area contributed by atoms with Crippen LogP contribution in [-0.2, 0) is 23.9 Å². The van der Waals surface area contributed by atoms with Crippen LogP contribution >= 0.6 is 0 Å². The summed E-state index contributed by atoms with van der Waals surface area (Å²) in [5.74, 6) is -1.51. The van der Waals surface area contributed by atoms with Crippen molar-refractivity contribution in [3.8, 4) is 5.75 Å². The molecule has 0 aliphatic heterocycles. The van der Waals surface area contributed by atoms with Gasteiger partial charge in [-0.2, -0.15) is 0 Å². The molecule has 1 aromatic rings. The molecule has 206 valence electrons. The van der Waals surface area contributed by atoms with Gasteiger partial charge in [-0.1, -0.05) is 19.9 Å². The van der Waals surface area contributed by atoms with Gasteiger partial charge in [0.25, 0.3) is 0 Å². The second-order valence-corrected chi connectivity index (χ2v) is 10.6. The Bertz CT molecular complexity index is 983. The lowest BCUT2D eigenvalue weighted by molar-refractivity contribution is -0.145. The summed E-state index contributed by atoms with van der Waals surface area (Å²) in [5.41, 5.74) is 0.330. The van der Waals surface area contributed by atoms with Crippen LogP contribution in [0.25, 0.3) is 0 Å². The maximum Gasteiger partial charge on any atom is 0.408 e. The van der Waals surface area contributed by atoms with E-state index in [1.54, 1.807) is 46.8 Å². The zero-order chi connectivity index (χ0) is 27.9. The third-order valence-corrected chi connectivity index (χ3v) is 5.80. The van der Waals surface area contributed by atoms with Crippen LogP contribution in [0.1, 0.15) is 78.0 Å². The highest BCUT2D eigenvalue weighted by Crippen LogP contribution is 2.37. The average molecular weight is 520 g/mol. The fourth-order valence-electron chi connectivity index (χ4n) is 3.88. The summed E-state index contributed by atoms with van der Waals surface area (Å²) in [6, 6.07) is 2.61. The predicted octanol–water partition coefficient (Wildman–Crippen LogP) is 3.35. The van der Waals surface area contributed by atoms with Crippen molar-refractivity contribution in [1.82, 2.24) is 15.5 Å². The van der Waals surface area contributed by atoms with E-state index in [9.17, 15) is 24.3 Å². The van der Waals surface area contributed by atoms with Crippen LogP contribution in [0.5, 0.6) is 5.75 Å². The number of esters is 1. The first-order valence-electron chi connectivity index (χ1n) is 12.8. The van der Waals surface area contributed by atoms with Crippen LogP contribution < -0.4 is 10.6 Å². The van der Waals surface area contributed by atoms with E-state index >= 15 is 0 Å². The number of hydrogen-bond donors (Lipinski definition) is 3. The molecule has 0 radical (unpaired) electrons. The van der Waals surface area contributed by atoms with Gasteiger partial charge in [-0.05, 0) is 76.6 Å². The minimum Gasteiger partial charge on any atom is -0.508 e. The Morgan fingerprint density at radius 3 is 2.32 bits per heavy atom. The van der Waals surface area contributed by atoms with Gasteiger partial charge < -0.3 is 30.1 Å². The number of rotatable bonds is 11. The Hall–Kier alpha value is -3.30. The highest BCUT2D eigenvalue weighted by molar-refractivity contribution is 5.93. The summed E-state index contributed by atoms with van der Waals surface area (Å²) in [7, 11) is 0. The second kappa shape index (κ2) is 12.8. The number of ether oxygens (including phenoxy) is 2. The summed E-state index contributed by atoms with van der Waals surface area (Å²) in [6.07, 6.45) is 0.707. The first-order chi connectivity index (χ1) is 17.2. The number of alkyl carbamates (subject to hydrolysis) is 1. The van der Waals surface area contributed by atoms with E-state index in [1.807, 2.05) is 13.8 Å². The van der Waals surface area contributed by atoms with Crippen LogP contribution in [0.15, 0.2) is 18.2 Å². The van der Waals surface area contributed by atoms with Crippen molar-refractivity contribution < 1.29 is 33.8 Å². The third kappa shape index (κ3) is 8.94. The average Bonchev–Trinajstić information content (AvgIpc) is 3.61. The highest BCUT2D eigenvalue weighted by atomic mass is 16.6. The topological polar surface area (TPSA) is 134 Å². The Morgan fingerprint density at radius 2 is 1.81 bits per heavy atom. The second-order valence-electron chi connectivity index (χ2n) is 10.6. The molecule has 37 heavy (non-hydrogen) atoms. The molecule has 10 heteroatoms. The van der Waals surface area contributed by atoms with Crippen molar-refractivity contribution in [3.63, 3.8) is 0 Å². The van der Waals surface area contributed by atoms with Gasteiger partial charge in [0.15, 0.2) is 0 Å². The van der Waals surface area contributed by atoms with Crippen molar-refractivity contribution >= 4 is 23.9 Å². The van der Waals surface area contributed by atoms with Gasteiger partial charge >= 0.3 is 12.1 Å². The van der Waals surface area contributed by atoms with Gasteiger partial charge in [0.05, 0.1) is 13.0 Å². The van der Waals surface area contributed by atoms with Crippen LogP contribution in [0.4, 0.5) is 4.79 Å². The predicted molar refractivity (Wildman–Crippen MR) is 138 cm³/mol. The molecule has 2 rings (SSSR count). The normalized spacial score (nSPS) is 14.9. The highest BCUT2D eigenvalue weighted by Gasteiger charge is 2.44. The number of hydrogen-bond acceptors (Lipinski definition) is 7. The molecule has 2 atom stereocenters. The fraction of sp³-hybridized carbons (Fsp3) is 0.630. The molecule has 3 N–H and O–H groups in total. The number of aromatic hydroxyl groups is 1. The molecule has 1 fully saturated rings. The number of carbonyl (C=O) groups excluding carboxylic acids is 4. The molecule has 10 nitrogen and oxygen atoms in total. The molecule has 2 unspecified atom stereocenters. The minimum absolute atomic E-state index is 0.00685. The van der Waals surface area contributed by atoms with Gasteiger partial charge in [0, 0.05) is 12.6 Å². The summed E-state index contributed by atoms with van der Waals surface area (Å²) >= 11 is 0. The maximum absolute atomic E-state index is 14.0. The first-order valence-corrected chi connectivity index (χ1v) is 12.8. The summed E-state index contributed by atoms with van der Waals surface area (Å²) < 4.78 is 10.3. The Morgan fingerprint density at radius 1 is 1.16 bits per heavy atom. The molecule has 1 aliphatic carbocycles. The van der Waals surface area contributed by atoms with Gasteiger partial charge in [0.2, 0.25) is 11.8 Å². The number of nitrogens with zero attached hydrogens (tertiary/aromatic N) is 1. The molecule has 0 aromatic heterocycles. The summed E-state index contributed by atoms with van der Waals surface area (Å²) in [5, 5.41) is 15.5. The molecule has 0 spiro atoms. The number of benzene rings is 1. The quantitative estimate of drug-likeness (QED) is 0.382. The lowest BCUT2D eigenvalue weighted by atomic mass is 9.97. The monoisotopic (exact) mass is 519 g/mol. The van der Waals surface area contributed by atoms with Crippen LogP contribution in [0.3, 0.4) is 0 Å². The molecule has 0 bridgehead atoms. The zero-order valence-electron chi connectivity index (χ0n) is 22.9. The summed E-state index contributed by atoms with van der Waals surface area (Å²) in [6.45, 7) is 12.5. The zero-order valence-corrected chi connectivity index (χ0v) is 22.9. The SMILES string of the molecule is CCOC(=O)CCNC(=O)C(c1ccc(O)c(C)c1)N(C(=O)C(NC(=O)OC(C)(C)C)C(C)C)C1CC1. The van der Waals surface area contributed by atoms with E-state index in [-0.39, 0.29) is 37.3 Å². The molecule has 1 saturated carbocycles. The van der Waals surface area contributed by atoms with Crippen LogP contribution in [0, 0.1) is 12.8 Å². The van der Waals surface area contributed by atoms with Crippen LogP contribution in [0.2, 0.25) is 0 Å². The number of phenols is 1. The fourth-order valence-corrected chi connectivity index (χ4v) is 3.88. The van der Waals surface area contributed by atoms with E-state index in [0.717, 1.165) is 0 Å². The Kier molecular flexibility index (Phi) is 10.3. The maximum atomic E-state index is 14.0. The van der Waals surface area contributed by atoms with Crippen molar-refractivity contribution in [2.45, 2.75) is 91.5 Å². The lowest BCUT2D eigenvalue weighted by Gasteiger charge is -2.36. The molecule has 1 aromatic carbocycles. The number of amides is 3. The van der Waals surface area contributed by atoms with Crippen molar-refractivity contribution in [2.75, 3.05) is 13.2 Å². The molecule has 0 heterocycles. The number of carbonyl (C=O) groups is 4. The third-order valence-electron chi connectivity index (χ3n) is 5.80. The molecular weight excluding hydrogens is 478 g/mol. The van der Waals surface area contributed by atoms with E-state index in [4.69, 9.17) is 9.47 Å². The molecule has 0 saturated heterocycles. The molecule has 1 aliphatic rings. The van der Waals surface area contributed by atoms with Gasteiger partial charge in [-0.3, -0.25) is 14.4 Å². The smallest absolute Gasteiger partial charge is 0.408 e. The number of nitrogens with one attached hydrogen (secondary N) is 2. The largest absolute Gasteiger partial charge is 0.508 e. The Balaban J connectivity index is 2.39. The summed E-state index contributed by atoms with van der Waals surface area (Å²) in [4.78, 5) is 53.3. The van der Waals surface area contributed by atoms with Crippen molar-refractivity contribution in [3.05, 3.63) is 29.3 Å². The van der Waals surface area contributed by atoms with Gasteiger partial charge in [0.1, 0.15) is 23.4 Å². The number of aryl methyl sites for hydroxylation is 1. The molecular formula is C27H41N3O7. The van der Waals surface area contributed by atoms with Crippen molar-refractivity contribution in [2.24, 2.45) is 5.92 Å². The van der Waals surface area contributed by atoms with Crippen molar-refractivity contribution in [1.29, 1.82) is 0 Å². The first kappa shape index (κ1) is 29.9. The van der Waals surface area contributed by atoms with Gasteiger partial charge in [-0.25, -0.2) is 4.79 Å². The van der Waals surface area contributed by atoms with E-state index in [1.165, 1.54) is 11.0 Å². The molecule has 3 amide bonds. The van der Waals surface area contributed by atoms with E-state index in [2.05, 4.69) is 10.6 Å². The van der Waals surface area contributed by atoms with E-state index < -0.39 is 41.6 Å². The van der Waals surface area contributed by atoms with Crippen LogP contribution in [-0.4, -0.2) is 64.7 Å². The van der Waals surface area contributed by atoms with Gasteiger partial charge in [-0.15, -0.1) is 0 Å². The lowest BCUT2D eigenvalue weighted by Crippen LogP contribution is -2.55. The number of phenolic OH excluding ortho intramolecular Hbond substituents is 1. The Labute approximate surface area is 219 Å². The standard InChI is InChI=1S/C27H41N3O7/c1-8-36-21(32)13-14-28-24(33)23(18-9-12-20(31)17(4)15-18)30(19-10-11-19)25(34)22(16(2)3)29-26(35)37-27(5,6)7/h9,12,15-16,19,22-23,31H,8,10-11,13-14H2,1-7H3,(H,28,33)(H,29,35). The minimum atomic E-state index is -1.02. The van der Waals surface area contributed by atoms with E-state index in [0.29, 0.717) is 24.0 Å².